The Balaban J connectivity index is 1.46. The summed E-state index contributed by atoms with van der Waals surface area (Å²) < 4.78 is 1.99. The van der Waals surface area contributed by atoms with Crippen LogP contribution in [0, 0.1) is 23.2 Å². The predicted octanol–water partition coefficient (Wildman–Crippen LogP) is 1.97. The average Bonchev–Trinajstić information content (AvgIpc) is 3.21. The van der Waals surface area contributed by atoms with Crippen molar-refractivity contribution in [1.82, 2.24) is 14.8 Å². The number of carbonyl (C=O) groups is 2. The molecule has 1 N–H and O–H groups in total. The molecule has 2 fully saturated rings. The zero-order chi connectivity index (χ0) is 18.1. The van der Waals surface area contributed by atoms with E-state index in [0.29, 0.717) is 25.1 Å². The van der Waals surface area contributed by atoms with E-state index in [-0.39, 0.29) is 23.8 Å². The number of rotatable bonds is 2. The molecule has 6 nitrogen and oxygen atoms in total. The minimum Gasteiger partial charge on any atom is -0.352 e. The lowest BCUT2D eigenvalue weighted by atomic mass is 9.80. The second kappa shape index (κ2) is 6.68. The van der Waals surface area contributed by atoms with Crippen molar-refractivity contribution in [3.63, 3.8) is 0 Å². The van der Waals surface area contributed by atoms with Gasteiger partial charge in [0.15, 0.2) is 0 Å². The number of aromatic nitrogens is 1. The maximum atomic E-state index is 12.9. The van der Waals surface area contributed by atoms with E-state index < -0.39 is 5.92 Å². The zero-order valence-electron chi connectivity index (χ0n) is 14.3. The van der Waals surface area contributed by atoms with Crippen LogP contribution in [-0.4, -0.2) is 40.4 Å². The molecule has 132 valence electrons. The number of likely N-dealkylation sites (tertiary alicyclic amines) is 1. The molecule has 3 atom stereocenters. The fourth-order valence-corrected chi connectivity index (χ4v) is 3.92. The highest BCUT2D eigenvalue weighted by Crippen LogP contribution is 2.29. The Labute approximate surface area is 152 Å². The average molecular weight is 348 g/mol. The number of nitrogens with zero attached hydrogens (tertiary/aromatic N) is 3. The molecule has 3 unspecified atom stereocenters. The maximum Gasteiger partial charge on any atom is 0.253 e. The van der Waals surface area contributed by atoms with Crippen molar-refractivity contribution in [3.8, 4) is 11.8 Å². The number of benzene rings is 1. The molecule has 1 aromatic heterocycles. The Morgan fingerprint density at radius 1 is 1.19 bits per heavy atom. The molecule has 2 aliphatic rings. The van der Waals surface area contributed by atoms with Crippen molar-refractivity contribution in [2.24, 2.45) is 11.8 Å². The Kier molecular flexibility index (Phi) is 4.21. The van der Waals surface area contributed by atoms with Gasteiger partial charge in [0.25, 0.3) is 5.91 Å². The Bertz CT molecular complexity index is 851. The van der Waals surface area contributed by atoms with Crippen molar-refractivity contribution < 1.29 is 9.59 Å². The second-order valence-corrected chi connectivity index (χ2v) is 6.97. The zero-order valence-corrected chi connectivity index (χ0v) is 14.3. The lowest BCUT2D eigenvalue weighted by Crippen LogP contribution is -2.57. The van der Waals surface area contributed by atoms with Crippen LogP contribution in [0.5, 0.6) is 0 Å². The third-order valence-corrected chi connectivity index (χ3v) is 5.38. The van der Waals surface area contributed by atoms with E-state index in [0.717, 1.165) is 12.1 Å². The molecule has 0 saturated carbocycles. The molecule has 0 bridgehead atoms. The number of carbonyl (C=O) groups excluding carboxylic acids is 2. The molecule has 0 aliphatic carbocycles. The Hall–Kier alpha value is -3.07. The number of nitrogens with one attached hydrogen (secondary N) is 1. The summed E-state index contributed by atoms with van der Waals surface area (Å²) in [6, 6.07) is 13.6. The first kappa shape index (κ1) is 16.4. The van der Waals surface area contributed by atoms with Crippen LogP contribution in [0.2, 0.25) is 0 Å². The summed E-state index contributed by atoms with van der Waals surface area (Å²) in [5.41, 5.74) is 1.67. The number of piperidine rings is 2. The maximum absolute atomic E-state index is 12.9. The molecule has 2 aromatic rings. The topological polar surface area (TPSA) is 78.1 Å². The van der Waals surface area contributed by atoms with Crippen LogP contribution in [-0.2, 0) is 4.79 Å². The predicted molar refractivity (Wildman–Crippen MR) is 95.4 cm³/mol. The standard InChI is InChI=1S/C20H20N4O2/c21-12-15-11-16-13-24(10-7-18(16)22-19(15)25)20(26)14-3-5-17(6-4-14)23-8-1-2-9-23/h1-6,8-9,15-16,18H,7,10-11,13H2,(H,22,25). The van der Waals surface area contributed by atoms with Gasteiger partial charge in [-0.2, -0.15) is 5.26 Å². The van der Waals surface area contributed by atoms with E-state index in [4.69, 9.17) is 5.26 Å². The quantitative estimate of drug-likeness (QED) is 0.901. The monoisotopic (exact) mass is 348 g/mol. The van der Waals surface area contributed by atoms with Gasteiger partial charge in [-0.3, -0.25) is 9.59 Å². The van der Waals surface area contributed by atoms with E-state index in [1.807, 2.05) is 58.3 Å². The largest absolute Gasteiger partial charge is 0.352 e. The van der Waals surface area contributed by atoms with Gasteiger partial charge in [0.2, 0.25) is 5.91 Å². The molecule has 6 heteroatoms. The molecule has 0 radical (unpaired) electrons. The molecule has 2 aliphatic heterocycles. The van der Waals surface area contributed by atoms with Crippen LogP contribution >= 0.6 is 0 Å². The summed E-state index contributed by atoms with van der Waals surface area (Å²) in [5, 5.41) is 12.1. The van der Waals surface area contributed by atoms with Crippen LogP contribution in [0.3, 0.4) is 0 Å². The SMILES string of the molecule is N#CC1CC2CN(C(=O)c3ccc(-n4cccc4)cc3)CCC2NC1=O. The number of hydrogen-bond donors (Lipinski definition) is 1. The highest BCUT2D eigenvalue weighted by Gasteiger charge is 2.40. The summed E-state index contributed by atoms with van der Waals surface area (Å²) >= 11 is 0. The number of amides is 2. The molecule has 2 saturated heterocycles. The molecule has 4 rings (SSSR count). The lowest BCUT2D eigenvalue weighted by molar-refractivity contribution is -0.128. The fourth-order valence-electron chi connectivity index (χ4n) is 3.92. The normalized spacial score (nSPS) is 25.1. The first-order valence-electron chi connectivity index (χ1n) is 8.88. The van der Waals surface area contributed by atoms with Gasteiger partial charge in [0, 0.05) is 42.8 Å². The summed E-state index contributed by atoms with van der Waals surface area (Å²) in [6.45, 7) is 1.21. The van der Waals surface area contributed by atoms with E-state index in [2.05, 4.69) is 11.4 Å². The van der Waals surface area contributed by atoms with Crippen molar-refractivity contribution in [2.75, 3.05) is 13.1 Å². The van der Waals surface area contributed by atoms with E-state index in [1.165, 1.54) is 0 Å². The van der Waals surface area contributed by atoms with Crippen LogP contribution in [0.15, 0.2) is 48.8 Å². The third-order valence-electron chi connectivity index (χ3n) is 5.38. The number of fused-ring (bicyclic) bond motifs is 1. The van der Waals surface area contributed by atoms with Crippen molar-refractivity contribution in [2.45, 2.75) is 18.9 Å². The van der Waals surface area contributed by atoms with Crippen LogP contribution in [0.1, 0.15) is 23.2 Å². The summed E-state index contributed by atoms with van der Waals surface area (Å²) in [7, 11) is 0. The highest BCUT2D eigenvalue weighted by atomic mass is 16.2. The first-order valence-corrected chi connectivity index (χ1v) is 8.88. The minimum atomic E-state index is -0.604. The lowest BCUT2D eigenvalue weighted by Gasteiger charge is -2.42. The molecule has 2 amide bonds. The molecular weight excluding hydrogens is 328 g/mol. The van der Waals surface area contributed by atoms with Gasteiger partial charge in [0.1, 0.15) is 5.92 Å². The fraction of sp³-hybridized carbons (Fsp3) is 0.350. The van der Waals surface area contributed by atoms with Gasteiger partial charge in [-0.25, -0.2) is 0 Å². The van der Waals surface area contributed by atoms with E-state index in [1.54, 1.807) is 0 Å². The second-order valence-electron chi connectivity index (χ2n) is 6.97. The minimum absolute atomic E-state index is 0.00733. The van der Waals surface area contributed by atoms with Crippen LogP contribution < -0.4 is 5.32 Å². The van der Waals surface area contributed by atoms with Gasteiger partial charge in [-0.1, -0.05) is 0 Å². The Morgan fingerprint density at radius 3 is 2.62 bits per heavy atom. The van der Waals surface area contributed by atoms with Crippen LogP contribution in [0.25, 0.3) is 5.69 Å². The van der Waals surface area contributed by atoms with Crippen molar-refractivity contribution in [3.05, 3.63) is 54.4 Å². The highest BCUT2D eigenvalue weighted by molar-refractivity contribution is 5.94. The Morgan fingerprint density at radius 2 is 1.92 bits per heavy atom. The number of nitriles is 1. The van der Waals surface area contributed by atoms with Gasteiger partial charge >= 0.3 is 0 Å². The summed E-state index contributed by atoms with van der Waals surface area (Å²) in [4.78, 5) is 26.5. The number of hydrogen-bond acceptors (Lipinski definition) is 3. The molecule has 26 heavy (non-hydrogen) atoms. The first-order chi connectivity index (χ1) is 12.7. The van der Waals surface area contributed by atoms with E-state index in [9.17, 15) is 9.59 Å². The third kappa shape index (κ3) is 2.97. The van der Waals surface area contributed by atoms with Gasteiger partial charge < -0.3 is 14.8 Å². The summed E-state index contributed by atoms with van der Waals surface area (Å²) in [6.07, 6.45) is 5.19. The van der Waals surface area contributed by atoms with Gasteiger partial charge in [0.05, 0.1) is 6.07 Å². The van der Waals surface area contributed by atoms with Crippen molar-refractivity contribution >= 4 is 11.8 Å². The van der Waals surface area contributed by atoms with Gasteiger partial charge in [-0.15, -0.1) is 0 Å². The molecule has 3 heterocycles. The molecule has 1 aromatic carbocycles. The molecule has 0 spiro atoms. The summed E-state index contributed by atoms with van der Waals surface area (Å²) in [5.74, 6) is -0.622. The van der Waals surface area contributed by atoms with Gasteiger partial charge in [-0.05, 0) is 55.2 Å². The van der Waals surface area contributed by atoms with E-state index >= 15 is 0 Å². The smallest absolute Gasteiger partial charge is 0.253 e. The molecular formula is C20H20N4O2. The van der Waals surface area contributed by atoms with Crippen LogP contribution in [0.4, 0.5) is 0 Å². The van der Waals surface area contributed by atoms with Crippen molar-refractivity contribution in [1.29, 1.82) is 5.26 Å².